The van der Waals surface area contributed by atoms with Crippen LogP contribution in [0.3, 0.4) is 0 Å². The molecular formula is C16H14N8O2S. The number of hydrogen-bond donors (Lipinski definition) is 3. The maximum Gasteiger partial charge on any atom is 0.280 e. The number of para-hydroxylation sites is 1. The highest BCUT2D eigenvalue weighted by Crippen LogP contribution is 2.41. The van der Waals surface area contributed by atoms with Crippen LogP contribution in [0, 0.1) is 0 Å². The second kappa shape index (κ2) is 6.20. The van der Waals surface area contributed by atoms with E-state index >= 15 is 0 Å². The Balaban J connectivity index is 1.63. The van der Waals surface area contributed by atoms with Gasteiger partial charge in [0.25, 0.3) is 17.4 Å². The van der Waals surface area contributed by atoms with Gasteiger partial charge in [0.2, 0.25) is 0 Å². The molecule has 3 N–H and O–H groups in total. The Bertz CT molecular complexity index is 1210. The van der Waals surface area contributed by atoms with Gasteiger partial charge in [-0.25, -0.2) is 9.50 Å². The van der Waals surface area contributed by atoms with Gasteiger partial charge in [-0.05, 0) is 35.4 Å². The molecule has 10 nitrogen and oxygen atoms in total. The van der Waals surface area contributed by atoms with Gasteiger partial charge >= 0.3 is 0 Å². The zero-order valence-corrected chi connectivity index (χ0v) is 14.8. The molecule has 1 atom stereocenters. The topological polar surface area (TPSA) is 134 Å². The van der Waals surface area contributed by atoms with E-state index in [1.165, 1.54) is 10.6 Å². The number of thioether (sulfide) groups is 1. The molecule has 3 aromatic heterocycles. The van der Waals surface area contributed by atoms with Crippen LogP contribution in [0.15, 0.2) is 29.1 Å². The molecule has 1 amide bonds. The van der Waals surface area contributed by atoms with Gasteiger partial charge in [-0.2, -0.15) is 17.0 Å². The minimum Gasteiger partial charge on any atom is -0.286 e. The predicted molar refractivity (Wildman–Crippen MR) is 99.9 cm³/mol. The molecule has 1 unspecified atom stereocenters. The fraction of sp³-hybridized carbons (Fsp3) is 0.250. The van der Waals surface area contributed by atoms with Crippen LogP contribution in [0.4, 0.5) is 5.95 Å². The van der Waals surface area contributed by atoms with Crippen LogP contribution in [0.5, 0.6) is 0 Å². The summed E-state index contributed by atoms with van der Waals surface area (Å²) in [4.78, 5) is 29.9. The van der Waals surface area contributed by atoms with Gasteiger partial charge in [0.1, 0.15) is 5.69 Å². The number of anilines is 1. The number of carbonyl (C=O) groups excluding carboxylic acids is 1. The highest BCUT2D eigenvalue weighted by molar-refractivity contribution is 7.99. The highest BCUT2D eigenvalue weighted by atomic mass is 32.2. The minimum atomic E-state index is -0.489. The summed E-state index contributed by atoms with van der Waals surface area (Å²) < 4.78 is 1.28. The Morgan fingerprint density at radius 3 is 3.07 bits per heavy atom. The first-order valence-electron chi connectivity index (χ1n) is 8.41. The monoisotopic (exact) mass is 382 g/mol. The summed E-state index contributed by atoms with van der Waals surface area (Å²) in [7, 11) is 0. The van der Waals surface area contributed by atoms with Gasteiger partial charge in [0, 0.05) is 11.3 Å². The third-order valence-corrected chi connectivity index (χ3v) is 5.97. The van der Waals surface area contributed by atoms with Crippen LogP contribution in [0.1, 0.15) is 34.1 Å². The SMILES string of the molecule is O=C(Nc1nn[nH]n1)c1cc2nc3c(C4CCCS4)cccc3c(=O)n2[nH]1. The van der Waals surface area contributed by atoms with Crippen molar-refractivity contribution in [3.8, 4) is 0 Å². The lowest BCUT2D eigenvalue weighted by Gasteiger charge is -2.11. The van der Waals surface area contributed by atoms with E-state index in [9.17, 15) is 9.59 Å². The van der Waals surface area contributed by atoms with E-state index in [1.807, 2.05) is 23.9 Å². The number of aromatic nitrogens is 7. The van der Waals surface area contributed by atoms with Gasteiger partial charge in [0.05, 0.1) is 10.9 Å². The van der Waals surface area contributed by atoms with Crippen LogP contribution in [0.2, 0.25) is 0 Å². The normalized spacial score (nSPS) is 17.0. The fourth-order valence-electron chi connectivity index (χ4n) is 3.32. The number of nitrogens with one attached hydrogen (secondary N) is 3. The van der Waals surface area contributed by atoms with E-state index < -0.39 is 5.91 Å². The van der Waals surface area contributed by atoms with Gasteiger partial charge in [-0.3, -0.25) is 20.0 Å². The number of nitrogens with zero attached hydrogens (tertiary/aromatic N) is 5. The Morgan fingerprint density at radius 2 is 2.30 bits per heavy atom. The zero-order chi connectivity index (χ0) is 18.4. The average Bonchev–Trinajstić information content (AvgIpc) is 3.43. The van der Waals surface area contributed by atoms with Crippen molar-refractivity contribution in [1.82, 2.24) is 35.2 Å². The van der Waals surface area contributed by atoms with Crippen molar-refractivity contribution in [3.63, 3.8) is 0 Å². The van der Waals surface area contributed by atoms with Crippen molar-refractivity contribution in [2.75, 3.05) is 11.1 Å². The first-order valence-corrected chi connectivity index (χ1v) is 9.46. The number of rotatable bonds is 3. The standard InChI is InChI=1S/C16H14N8O2S/c25-14(18-16-19-22-23-20-16)10-7-12-17-13-8(11-5-2-6-27-11)3-1-4-9(13)15(26)24(12)21-10/h1,3-4,7,11,21H,2,5-6H2,(H2,18,19,20,22,23,25). The molecule has 1 aliphatic rings. The third kappa shape index (κ3) is 2.67. The van der Waals surface area contributed by atoms with Crippen LogP contribution in [-0.2, 0) is 0 Å². The molecule has 27 heavy (non-hydrogen) atoms. The van der Waals surface area contributed by atoms with Crippen LogP contribution >= 0.6 is 11.8 Å². The number of tetrazole rings is 1. The van der Waals surface area contributed by atoms with Gasteiger partial charge in [-0.1, -0.05) is 17.2 Å². The Morgan fingerprint density at radius 1 is 1.37 bits per heavy atom. The van der Waals surface area contributed by atoms with Crippen LogP contribution in [-0.4, -0.2) is 46.9 Å². The Labute approximate surface area is 155 Å². The summed E-state index contributed by atoms with van der Waals surface area (Å²) in [6, 6.07) is 7.22. The summed E-state index contributed by atoms with van der Waals surface area (Å²) in [5, 5.41) is 19.1. The molecule has 0 spiro atoms. The minimum absolute atomic E-state index is 0.0460. The van der Waals surface area contributed by atoms with Crippen molar-refractivity contribution >= 4 is 40.2 Å². The molecule has 1 aliphatic heterocycles. The molecule has 11 heteroatoms. The smallest absolute Gasteiger partial charge is 0.280 e. The van der Waals surface area contributed by atoms with E-state index in [-0.39, 0.29) is 17.2 Å². The number of H-pyrrole nitrogens is 2. The van der Waals surface area contributed by atoms with Crippen LogP contribution in [0.25, 0.3) is 16.6 Å². The lowest BCUT2D eigenvalue weighted by atomic mass is 10.0. The number of hydrogen-bond acceptors (Lipinski definition) is 7. The van der Waals surface area contributed by atoms with Crippen molar-refractivity contribution in [2.45, 2.75) is 18.1 Å². The lowest BCUT2D eigenvalue weighted by Crippen LogP contribution is -2.18. The molecule has 5 rings (SSSR count). The first kappa shape index (κ1) is 16.0. The van der Waals surface area contributed by atoms with E-state index in [0.717, 1.165) is 24.2 Å². The van der Waals surface area contributed by atoms with Gasteiger partial charge < -0.3 is 0 Å². The quantitative estimate of drug-likeness (QED) is 0.489. The first-order chi connectivity index (χ1) is 13.2. The van der Waals surface area contributed by atoms with E-state index in [2.05, 4.69) is 36.0 Å². The molecule has 1 fully saturated rings. The summed E-state index contributed by atoms with van der Waals surface area (Å²) in [5.74, 6) is 0.675. The molecule has 1 saturated heterocycles. The fourth-order valence-corrected chi connectivity index (χ4v) is 4.64. The Hall–Kier alpha value is -3.21. The molecule has 1 aromatic carbocycles. The van der Waals surface area contributed by atoms with Crippen molar-refractivity contribution in [1.29, 1.82) is 0 Å². The van der Waals surface area contributed by atoms with Crippen molar-refractivity contribution in [2.24, 2.45) is 0 Å². The Kier molecular flexibility index (Phi) is 3.67. The largest absolute Gasteiger partial charge is 0.286 e. The van der Waals surface area contributed by atoms with E-state index in [1.54, 1.807) is 6.07 Å². The summed E-state index contributed by atoms with van der Waals surface area (Å²) in [5.41, 5.74) is 2.11. The summed E-state index contributed by atoms with van der Waals surface area (Å²) >= 11 is 1.89. The third-order valence-electron chi connectivity index (χ3n) is 4.55. The highest BCUT2D eigenvalue weighted by Gasteiger charge is 2.22. The lowest BCUT2D eigenvalue weighted by molar-refractivity contribution is 0.102. The summed E-state index contributed by atoms with van der Waals surface area (Å²) in [6.45, 7) is 0. The molecule has 4 heterocycles. The second-order valence-corrected chi connectivity index (χ2v) is 7.53. The molecule has 0 bridgehead atoms. The summed E-state index contributed by atoms with van der Waals surface area (Å²) in [6.07, 6.45) is 2.24. The number of fused-ring (bicyclic) bond motifs is 2. The number of aromatic amines is 2. The number of amides is 1. The van der Waals surface area contributed by atoms with Gasteiger partial charge in [0.15, 0.2) is 5.65 Å². The molecule has 4 aromatic rings. The van der Waals surface area contributed by atoms with Gasteiger partial charge in [-0.15, -0.1) is 5.10 Å². The molecule has 0 aliphatic carbocycles. The molecular weight excluding hydrogens is 368 g/mol. The molecule has 136 valence electrons. The van der Waals surface area contributed by atoms with Crippen LogP contribution < -0.4 is 10.9 Å². The maximum atomic E-state index is 12.9. The predicted octanol–water partition coefficient (Wildman–Crippen LogP) is 1.51. The molecule has 0 radical (unpaired) electrons. The van der Waals surface area contributed by atoms with E-state index in [0.29, 0.717) is 21.8 Å². The number of carbonyl (C=O) groups is 1. The molecule has 0 saturated carbocycles. The van der Waals surface area contributed by atoms with Crippen molar-refractivity contribution in [3.05, 3.63) is 45.9 Å². The maximum absolute atomic E-state index is 12.9. The van der Waals surface area contributed by atoms with Crippen molar-refractivity contribution < 1.29 is 4.79 Å². The second-order valence-electron chi connectivity index (χ2n) is 6.21. The van der Waals surface area contributed by atoms with E-state index in [4.69, 9.17) is 0 Å². The average molecular weight is 382 g/mol. The number of benzene rings is 1. The zero-order valence-electron chi connectivity index (χ0n) is 14.0.